The van der Waals surface area contributed by atoms with Gasteiger partial charge in [0.05, 0.1) is 10.5 Å². The van der Waals surface area contributed by atoms with Crippen LogP contribution in [0.2, 0.25) is 0 Å². The smallest absolute Gasteiger partial charge is 0.264 e. The highest BCUT2D eigenvalue weighted by Crippen LogP contribution is 2.13. The molecular weight excluding hydrogens is 352 g/mol. The lowest BCUT2D eigenvalue weighted by Crippen LogP contribution is -2.16. The summed E-state index contributed by atoms with van der Waals surface area (Å²) >= 11 is 0. The third-order valence-corrected chi connectivity index (χ3v) is 4.85. The van der Waals surface area contributed by atoms with Gasteiger partial charge in [0.25, 0.3) is 15.9 Å². The first-order chi connectivity index (χ1) is 12.4. The standard InChI is InChI=1S/C18H16N4O3S/c1-13-7-9-15(10-8-13)21-17(23)14-11-19-18(20-12-14)22-26(24,25)16-5-3-2-4-6-16/h2-12H,1H3,(H,21,23)(H,19,20,22). The van der Waals surface area contributed by atoms with Crippen LogP contribution in [0.1, 0.15) is 15.9 Å². The highest BCUT2D eigenvalue weighted by Gasteiger charge is 2.15. The van der Waals surface area contributed by atoms with Gasteiger partial charge in [-0.1, -0.05) is 35.9 Å². The normalized spacial score (nSPS) is 11.0. The van der Waals surface area contributed by atoms with Gasteiger partial charge in [-0.15, -0.1) is 0 Å². The summed E-state index contributed by atoms with van der Waals surface area (Å²) in [5, 5.41) is 2.72. The van der Waals surface area contributed by atoms with E-state index in [1.807, 2.05) is 19.1 Å². The molecule has 0 saturated carbocycles. The van der Waals surface area contributed by atoms with Crippen molar-refractivity contribution in [2.75, 3.05) is 10.0 Å². The van der Waals surface area contributed by atoms with Crippen LogP contribution in [0, 0.1) is 6.92 Å². The Morgan fingerprint density at radius 1 is 0.923 bits per heavy atom. The van der Waals surface area contributed by atoms with Crippen LogP contribution in [-0.2, 0) is 10.0 Å². The molecule has 0 fully saturated rings. The van der Waals surface area contributed by atoms with E-state index in [0.29, 0.717) is 5.69 Å². The molecule has 0 bridgehead atoms. The zero-order valence-electron chi connectivity index (χ0n) is 13.9. The Hall–Kier alpha value is -3.26. The molecule has 0 atom stereocenters. The average molecular weight is 368 g/mol. The Bertz CT molecular complexity index is 1000. The molecule has 3 aromatic rings. The molecule has 7 nitrogen and oxygen atoms in total. The summed E-state index contributed by atoms with van der Waals surface area (Å²) in [6.07, 6.45) is 2.53. The first kappa shape index (κ1) is 17.6. The van der Waals surface area contributed by atoms with Crippen LogP contribution < -0.4 is 10.0 Å². The maximum absolute atomic E-state index is 12.2. The van der Waals surface area contributed by atoms with Gasteiger partial charge in [-0.05, 0) is 31.2 Å². The zero-order chi connectivity index (χ0) is 18.6. The lowest BCUT2D eigenvalue weighted by Gasteiger charge is -2.08. The van der Waals surface area contributed by atoms with Gasteiger partial charge in [0.2, 0.25) is 5.95 Å². The summed E-state index contributed by atoms with van der Waals surface area (Å²) in [4.78, 5) is 20.1. The Balaban J connectivity index is 1.70. The van der Waals surface area contributed by atoms with E-state index in [0.717, 1.165) is 5.56 Å². The molecule has 0 unspecified atom stereocenters. The molecule has 0 aliphatic heterocycles. The molecule has 0 saturated heterocycles. The van der Waals surface area contributed by atoms with Crippen molar-refractivity contribution in [3.8, 4) is 0 Å². The average Bonchev–Trinajstić information content (AvgIpc) is 2.64. The predicted molar refractivity (Wildman–Crippen MR) is 98.4 cm³/mol. The quantitative estimate of drug-likeness (QED) is 0.721. The van der Waals surface area contributed by atoms with Gasteiger partial charge in [-0.3, -0.25) is 4.79 Å². The largest absolute Gasteiger partial charge is 0.322 e. The van der Waals surface area contributed by atoms with Gasteiger partial charge in [0.1, 0.15) is 0 Å². The number of hydrogen-bond donors (Lipinski definition) is 2. The second kappa shape index (κ2) is 7.32. The number of benzene rings is 2. The number of amides is 1. The minimum atomic E-state index is -3.77. The fraction of sp³-hybridized carbons (Fsp3) is 0.0556. The first-order valence-corrected chi connectivity index (χ1v) is 9.20. The van der Waals surface area contributed by atoms with Crippen LogP contribution in [-0.4, -0.2) is 24.3 Å². The van der Waals surface area contributed by atoms with E-state index in [4.69, 9.17) is 0 Å². The highest BCUT2D eigenvalue weighted by atomic mass is 32.2. The summed E-state index contributed by atoms with van der Waals surface area (Å²) in [5.74, 6) is -0.493. The number of sulfonamides is 1. The van der Waals surface area contributed by atoms with Crippen molar-refractivity contribution < 1.29 is 13.2 Å². The van der Waals surface area contributed by atoms with Crippen LogP contribution in [0.5, 0.6) is 0 Å². The van der Waals surface area contributed by atoms with Gasteiger partial charge >= 0.3 is 0 Å². The molecule has 0 aliphatic rings. The van der Waals surface area contributed by atoms with Crippen molar-refractivity contribution in [1.29, 1.82) is 0 Å². The number of rotatable bonds is 5. The van der Waals surface area contributed by atoms with E-state index < -0.39 is 10.0 Å². The molecule has 0 radical (unpaired) electrons. The van der Waals surface area contributed by atoms with Gasteiger partial charge in [-0.25, -0.2) is 23.1 Å². The first-order valence-electron chi connectivity index (χ1n) is 7.72. The highest BCUT2D eigenvalue weighted by molar-refractivity contribution is 7.92. The van der Waals surface area contributed by atoms with Crippen LogP contribution in [0.4, 0.5) is 11.6 Å². The van der Waals surface area contributed by atoms with Crippen molar-refractivity contribution >= 4 is 27.6 Å². The zero-order valence-corrected chi connectivity index (χ0v) is 14.7. The molecule has 1 amide bonds. The fourth-order valence-electron chi connectivity index (χ4n) is 2.12. The van der Waals surface area contributed by atoms with Crippen molar-refractivity contribution in [2.24, 2.45) is 0 Å². The summed E-state index contributed by atoms with van der Waals surface area (Å²) in [5.41, 5.74) is 1.95. The molecule has 1 heterocycles. The topological polar surface area (TPSA) is 101 Å². The van der Waals surface area contributed by atoms with E-state index in [2.05, 4.69) is 20.0 Å². The van der Waals surface area contributed by atoms with Crippen LogP contribution in [0.3, 0.4) is 0 Å². The summed E-state index contributed by atoms with van der Waals surface area (Å²) in [6.45, 7) is 1.95. The Morgan fingerprint density at radius 3 is 2.15 bits per heavy atom. The fourth-order valence-corrected chi connectivity index (χ4v) is 3.10. The number of nitrogens with one attached hydrogen (secondary N) is 2. The lowest BCUT2D eigenvalue weighted by atomic mass is 10.2. The Labute approximate surface area is 151 Å². The molecule has 0 spiro atoms. The summed E-state index contributed by atoms with van der Waals surface area (Å²) in [6, 6.07) is 15.2. The second-order valence-corrected chi connectivity index (χ2v) is 7.22. The minimum absolute atomic E-state index is 0.102. The van der Waals surface area contributed by atoms with E-state index >= 15 is 0 Å². The molecule has 0 aliphatic carbocycles. The number of hydrogen-bond acceptors (Lipinski definition) is 5. The van der Waals surface area contributed by atoms with Crippen LogP contribution >= 0.6 is 0 Å². The molecular formula is C18H16N4O3S. The Morgan fingerprint density at radius 2 is 1.54 bits per heavy atom. The van der Waals surface area contributed by atoms with Crippen LogP contribution in [0.15, 0.2) is 71.9 Å². The molecule has 2 aromatic carbocycles. The summed E-state index contributed by atoms with van der Waals surface area (Å²) < 4.78 is 26.7. The van der Waals surface area contributed by atoms with Crippen molar-refractivity contribution in [1.82, 2.24) is 9.97 Å². The maximum Gasteiger partial charge on any atom is 0.264 e. The number of aromatic nitrogens is 2. The van der Waals surface area contributed by atoms with Crippen molar-refractivity contribution in [3.63, 3.8) is 0 Å². The molecule has 26 heavy (non-hydrogen) atoms. The third-order valence-electron chi connectivity index (χ3n) is 3.50. The van der Waals surface area contributed by atoms with Crippen LogP contribution in [0.25, 0.3) is 0 Å². The molecule has 1 aromatic heterocycles. The minimum Gasteiger partial charge on any atom is -0.322 e. The van der Waals surface area contributed by atoms with Crippen molar-refractivity contribution in [2.45, 2.75) is 11.8 Å². The molecule has 3 rings (SSSR count). The third kappa shape index (κ3) is 4.22. The number of aryl methyl sites for hydroxylation is 1. The molecule has 132 valence electrons. The number of anilines is 2. The predicted octanol–water partition coefficient (Wildman–Crippen LogP) is 2.84. The van der Waals surface area contributed by atoms with Gasteiger partial charge in [0, 0.05) is 18.1 Å². The second-order valence-electron chi connectivity index (χ2n) is 5.53. The SMILES string of the molecule is Cc1ccc(NC(=O)c2cnc(NS(=O)(=O)c3ccccc3)nc2)cc1. The summed E-state index contributed by atoms with van der Waals surface area (Å²) in [7, 11) is -3.77. The lowest BCUT2D eigenvalue weighted by molar-refractivity contribution is 0.102. The molecule has 2 N–H and O–H groups in total. The van der Waals surface area contributed by atoms with E-state index in [9.17, 15) is 13.2 Å². The van der Waals surface area contributed by atoms with E-state index in [-0.39, 0.29) is 22.3 Å². The van der Waals surface area contributed by atoms with E-state index in [1.54, 1.807) is 30.3 Å². The van der Waals surface area contributed by atoms with E-state index in [1.165, 1.54) is 24.5 Å². The molecule has 8 heteroatoms. The van der Waals surface area contributed by atoms with Gasteiger partial charge in [0.15, 0.2) is 0 Å². The number of nitrogens with zero attached hydrogens (tertiary/aromatic N) is 2. The Kier molecular flexibility index (Phi) is 4.94. The monoisotopic (exact) mass is 368 g/mol. The number of carbonyl (C=O) groups is 1. The van der Waals surface area contributed by atoms with Gasteiger partial charge < -0.3 is 5.32 Å². The van der Waals surface area contributed by atoms with Crippen molar-refractivity contribution in [3.05, 3.63) is 78.1 Å². The maximum atomic E-state index is 12.2. The number of carbonyl (C=O) groups excluding carboxylic acids is 1. The van der Waals surface area contributed by atoms with Gasteiger partial charge in [-0.2, -0.15) is 0 Å².